The number of methoxy groups -OCH3 is 1. The largest absolute Gasteiger partial charge is 0.496 e. The lowest BCUT2D eigenvalue weighted by Gasteiger charge is -2.19. The highest BCUT2D eigenvalue weighted by Crippen LogP contribution is 2.23. The second-order valence-corrected chi connectivity index (χ2v) is 5.08. The molecular weight excluding hydrogens is 264 g/mol. The lowest BCUT2D eigenvalue weighted by Crippen LogP contribution is -2.33. The minimum Gasteiger partial charge on any atom is -0.496 e. The number of hydrogen-bond acceptors (Lipinski definition) is 4. The molecule has 0 amide bonds. The molecule has 1 aromatic carbocycles. The highest BCUT2D eigenvalue weighted by Gasteiger charge is 2.17. The number of ketones is 1. The molecule has 1 saturated heterocycles. The van der Waals surface area contributed by atoms with E-state index < -0.39 is 0 Å². The maximum atomic E-state index is 12.4. The number of carbonyl (C=O) groups is 1. The Bertz CT molecular complexity index is 443. The Morgan fingerprint density at radius 1 is 1.42 bits per heavy atom. The summed E-state index contributed by atoms with van der Waals surface area (Å²) >= 11 is 5.96. The predicted octanol–water partition coefficient (Wildman–Crippen LogP) is 1.83. The lowest BCUT2D eigenvalue weighted by atomic mass is 10.1. The molecule has 1 aliphatic heterocycles. The van der Waals surface area contributed by atoms with Crippen molar-refractivity contribution in [1.82, 2.24) is 10.2 Å². The monoisotopic (exact) mass is 282 g/mol. The van der Waals surface area contributed by atoms with Gasteiger partial charge in [-0.15, -0.1) is 0 Å². The summed E-state index contributed by atoms with van der Waals surface area (Å²) in [5, 5.41) is 3.88. The molecule has 1 heterocycles. The van der Waals surface area contributed by atoms with E-state index in [-0.39, 0.29) is 5.78 Å². The molecule has 1 N–H and O–H groups in total. The van der Waals surface area contributed by atoms with Crippen molar-refractivity contribution in [3.8, 4) is 5.75 Å². The SMILES string of the molecule is COc1ccc(Cl)cc1C(=O)CN1CCCNCC1. The molecule has 1 aromatic rings. The number of halogens is 1. The molecule has 1 aliphatic rings. The Morgan fingerprint density at radius 2 is 2.26 bits per heavy atom. The molecule has 0 bridgehead atoms. The van der Waals surface area contributed by atoms with Gasteiger partial charge in [0.2, 0.25) is 0 Å². The molecule has 0 aliphatic carbocycles. The van der Waals surface area contributed by atoms with E-state index in [1.807, 2.05) is 0 Å². The fraction of sp³-hybridized carbons (Fsp3) is 0.500. The first-order valence-electron chi connectivity index (χ1n) is 6.50. The zero-order valence-corrected chi connectivity index (χ0v) is 11.9. The van der Waals surface area contributed by atoms with Crippen molar-refractivity contribution in [2.24, 2.45) is 0 Å². The molecule has 0 saturated carbocycles. The Hall–Kier alpha value is -1.10. The Kier molecular flexibility index (Phi) is 5.19. The van der Waals surface area contributed by atoms with E-state index >= 15 is 0 Å². The molecule has 1 fully saturated rings. The third-order valence-electron chi connectivity index (χ3n) is 3.26. The Labute approximate surface area is 118 Å². The molecule has 4 nitrogen and oxygen atoms in total. The van der Waals surface area contributed by atoms with Crippen molar-refractivity contribution in [3.05, 3.63) is 28.8 Å². The van der Waals surface area contributed by atoms with Crippen LogP contribution >= 0.6 is 11.6 Å². The fourth-order valence-corrected chi connectivity index (χ4v) is 2.42. The summed E-state index contributed by atoms with van der Waals surface area (Å²) in [5.41, 5.74) is 0.562. The fourth-order valence-electron chi connectivity index (χ4n) is 2.25. The van der Waals surface area contributed by atoms with Gasteiger partial charge in [0.15, 0.2) is 5.78 Å². The van der Waals surface area contributed by atoms with Gasteiger partial charge < -0.3 is 10.1 Å². The lowest BCUT2D eigenvalue weighted by molar-refractivity contribution is 0.0932. The number of benzene rings is 1. The van der Waals surface area contributed by atoms with Crippen LogP contribution in [0, 0.1) is 0 Å². The molecule has 2 rings (SSSR count). The minimum atomic E-state index is 0.0567. The average molecular weight is 283 g/mol. The predicted molar refractivity (Wildman–Crippen MR) is 76.3 cm³/mol. The molecule has 0 spiro atoms. The first-order chi connectivity index (χ1) is 9.20. The number of Topliss-reactive ketones (excluding diaryl/α,β-unsaturated/α-hetero) is 1. The molecule has 0 atom stereocenters. The third-order valence-corrected chi connectivity index (χ3v) is 3.50. The highest BCUT2D eigenvalue weighted by molar-refractivity contribution is 6.31. The van der Waals surface area contributed by atoms with Gasteiger partial charge in [0.1, 0.15) is 5.75 Å². The van der Waals surface area contributed by atoms with Crippen molar-refractivity contribution >= 4 is 17.4 Å². The summed E-state index contributed by atoms with van der Waals surface area (Å²) in [7, 11) is 1.57. The van der Waals surface area contributed by atoms with E-state index in [9.17, 15) is 4.79 Å². The number of ether oxygens (including phenoxy) is 1. The maximum absolute atomic E-state index is 12.4. The van der Waals surface area contributed by atoms with Crippen LogP contribution in [0.2, 0.25) is 5.02 Å². The van der Waals surface area contributed by atoms with E-state index in [1.54, 1.807) is 25.3 Å². The van der Waals surface area contributed by atoms with Gasteiger partial charge in [0, 0.05) is 18.1 Å². The zero-order valence-electron chi connectivity index (χ0n) is 11.1. The number of nitrogens with zero attached hydrogens (tertiary/aromatic N) is 1. The zero-order chi connectivity index (χ0) is 13.7. The molecule has 0 unspecified atom stereocenters. The van der Waals surface area contributed by atoms with E-state index in [0.717, 1.165) is 32.6 Å². The Morgan fingerprint density at radius 3 is 3.05 bits per heavy atom. The molecule has 0 aromatic heterocycles. The molecule has 19 heavy (non-hydrogen) atoms. The van der Waals surface area contributed by atoms with E-state index in [1.165, 1.54) is 0 Å². The Balaban J connectivity index is 2.08. The van der Waals surface area contributed by atoms with Crippen molar-refractivity contribution in [2.45, 2.75) is 6.42 Å². The van der Waals surface area contributed by atoms with Gasteiger partial charge in [0.25, 0.3) is 0 Å². The van der Waals surface area contributed by atoms with Gasteiger partial charge in [0.05, 0.1) is 19.2 Å². The van der Waals surface area contributed by atoms with Crippen LogP contribution in [-0.2, 0) is 0 Å². The van der Waals surface area contributed by atoms with Crippen LogP contribution in [-0.4, -0.2) is 50.5 Å². The van der Waals surface area contributed by atoms with Crippen LogP contribution in [0.4, 0.5) is 0 Å². The first kappa shape index (κ1) is 14.3. The first-order valence-corrected chi connectivity index (χ1v) is 6.88. The second kappa shape index (κ2) is 6.89. The van der Waals surface area contributed by atoms with Gasteiger partial charge in [-0.3, -0.25) is 9.69 Å². The second-order valence-electron chi connectivity index (χ2n) is 4.65. The quantitative estimate of drug-likeness (QED) is 0.856. The molecular formula is C14H19ClN2O2. The van der Waals surface area contributed by atoms with Crippen molar-refractivity contribution < 1.29 is 9.53 Å². The average Bonchev–Trinajstić information content (AvgIpc) is 2.67. The topological polar surface area (TPSA) is 41.6 Å². The van der Waals surface area contributed by atoms with Crippen LogP contribution in [0.5, 0.6) is 5.75 Å². The van der Waals surface area contributed by atoms with Crippen LogP contribution < -0.4 is 10.1 Å². The molecule has 0 radical (unpaired) electrons. The third kappa shape index (κ3) is 3.93. The van der Waals surface area contributed by atoms with Gasteiger partial charge in [-0.1, -0.05) is 11.6 Å². The van der Waals surface area contributed by atoms with E-state index in [0.29, 0.717) is 22.9 Å². The van der Waals surface area contributed by atoms with E-state index in [4.69, 9.17) is 16.3 Å². The standard InChI is InChI=1S/C14H19ClN2O2/c1-19-14-4-3-11(15)9-12(14)13(18)10-17-7-2-5-16-6-8-17/h3-4,9,16H,2,5-8,10H2,1H3. The van der Waals surface area contributed by atoms with E-state index in [2.05, 4.69) is 10.2 Å². The molecule has 104 valence electrons. The summed E-state index contributed by atoms with van der Waals surface area (Å²) in [4.78, 5) is 14.5. The van der Waals surface area contributed by atoms with Crippen LogP contribution in [0.3, 0.4) is 0 Å². The summed E-state index contributed by atoms with van der Waals surface area (Å²) in [5.74, 6) is 0.642. The van der Waals surface area contributed by atoms with Crippen molar-refractivity contribution in [2.75, 3.05) is 39.8 Å². The number of nitrogens with one attached hydrogen (secondary N) is 1. The normalized spacial score (nSPS) is 16.9. The smallest absolute Gasteiger partial charge is 0.180 e. The van der Waals surface area contributed by atoms with Gasteiger partial charge in [-0.2, -0.15) is 0 Å². The van der Waals surface area contributed by atoms with Crippen molar-refractivity contribution in [3.63, 3.8) is 0 Å². The molecule has 5 heteroatoms. The summed E-state index contributed by atoms with van der Waals surface area (Å²) in [6, 6.07) is 5.14. The summed E-state index contributed by atoms with van der Waals surface area (Å²) in [6.45, 7) is 4.21. The number of carbonyl (C=O) groups excluding carboxylic acids is 1. The van der Waals surface area contributed by atoms with Crippen LogP contribution in [0.15, 0.2) is 18.2 Å². The highest BCUT2D eigenvalue weighted by atomic mass is 35.5. The van der Waals surface area contributed by atoms with Gasteiger partial charge in [-0.05, 0) is 37.7 Å². The van der Waals surface area contributed by atoms with Crippen molar-refractivity contribution in [1.29, 1.82) is 0 Å². The van der Waals surface area contributed by atoms with Gasteiger partial charge >= 0.3 is 0 Å². The number of hydrogen-bond donors (Lipinski definition) is 1. The summed E-state index contributed by atoms with van der Waals surface area (Å²) in [6.07, 6.45) is 1.07. The summed E-state index contributed by atoms with van der Waals surface area (Å²) < 4.78 is 5.22. The van der Waals surface area contributed by atoms with Crippen LogP contribution in [0.1, 0.15) is 16.8 Å². The minimum absolute atomic E-state index is 0.0567. The van der Waals surface area contributed by atoms with Gasteiger partial charge in [-0.25, -0.2) is 0 Å². The van der Waals surface area contributed by atoms with Crippen LogP contribution in [0.25, 0.3) is 0 Å². The number of rotatable bonds is 4. The maximum Gasteiger partial charge on any atom is 0.180 e.